The number of nitriles is 1. The first-order valence-electron chi connectivity index (χ1n) is 14.1. The molecule has 6 rings (SSSR count). The molecule has 200 valence electrons. The van der Waals surface area contributed by atoms with Gasteiger partial charge in [0.15, 0.2) is 0 Å². The van der Waals surface area contributed by atoms with Crippen LogP contribution in [0.2, 0.25) is 0 Å². The lowest BCUT2D eigenvalue weighted by Crippen LogP contribution is -2.35. The van der Waals surface area contributed by atoms with Crippen molar-refractivity contribution < 1.29 is 9.59 Å². The van der Waals surface area contributed by atoms with Crippen molar-refractivity contribution in [1.82, 2.24) is 14.8 Å². The molecule has 3 aliphatic rings. The summed E-state index contributed by atoms with van der Waals surface area (Å²) in [6, 6.07) is 13.8. The van der Waals surface area contributed by atoms with E-state index < -0.39 is 5.41 Å². The number of benzene rings is 1. The molecule has 0 spiro atoms. The Bertz CT molecular complexity index is 1410. The summed E-state index contributed by atoms with van der Waals surface area (Å²) in [5, 5.41) is 17.2. The fourth-order valence-electron chi connectivity index (χ4n) is 6.27. The third kappa shape index (κ3) is 5.31. The van der Waals surface area contributed by atoms with Crippen LogP contribution < -0.4 is 10.2 Å². The van der Waals surface area contributed by atoms with Crippen LogP contribution in [0.15, 0.2) is 55.0 Å². The number of carbonyl (C=O) groups is 2. The first-order chi connectivity index (χ1) is 19.0. The Kier molecular flexibility index (Phi) is 6.90. The molecular formula is C31H34N6O2. The molecular weight excluding hydrogens is 488 g/mol. The molecule has 8 heteroatoms. The van der Waals surface area contributed by atoms with Crippen LogP contribution in [0.25, 0.3) is 11.1 Å². The third-order valence-electron chi connectivity index (χ3n) is 8.58. The smallest absolute Gasteiger partial charge is 0.247 e. The van der Waals surface area contributed by atoms with E-state index in [0.29, 0.717) is 30.4 Å². The van der Waals surface area contributed by atoms with Crippen molar-refractivity contribution in [2.45, 2.75) is 64.3 Å². The minimum Gasteiger partial charge on any atom is -0.311 e. The minimum atomic E-state index is -0.899. The van der Waals surface area contributed by atoms with Gasteiger partial charge < -0.3 is 10.2 Å². The Morgan fingerprint density at radius 2 is 1.95 bits per heavy atom. The normalized spacial score (nSPS) is 21.6. The van der Waals surface area contributed by atoms with E-state index in [-0.39, 0.29) is 24.2 Å². The Hall–Kier alpha value is -3.99. The van der Waals surface area contributed by atoms with Crippen LogP contribution in [0, 0.1) is 28.6 Å². The molecule has 1 aromatic carbocycles. The predicted molar refractivity (Wildman–Crippen MR) is 149 cm³/mol. The first-order valence-corrected chi connectivity index (χ1v) is 14.1. The summed E-state index contributed by atoms with van der Waals surface area (Å²) < 4.78 is 2.06. The lowest BCUT2D eigenvalue weighted by Gasteiger charge is -2.21. The molecule has 0 unspecified atom stereocenters. The lowest BCUT2D eigenvalue weighted by molar-refractivity contribution is -0.123. The molecule has 0 bridgehead atoms. The van der Waals surface area contributed by atoms with Crippen LogP contribution in [0.1, 0.15) is 56.9 Å². The summed E-state index contributed by atoms with van der Waals surface area (Å²) in [7, 11) is 0. The van der Waals surface area contributed by atoms with Gasteiger partial charge in [0.1, 0.15) is 11.2 Å². The zero-order valence-corrected chi connectivity index (χ0v) is 22.2. The summed E-state index contributed by atoms with van der Waals surface area (Å²) in [6.07, 6.45) is 14.8. The lowest BCUT2D eigenvalue weighted by atomic mass is 9.83. The van der Waals surface area contributed by atoms with E-state index in [1.165, 1.54) is 32.1 Å². The Morgan fingerprint density at radius 3 is 2.74 bits per heavy atom. The average Bonchev–Trinajstić information content (AvgIpc) is 3.61. The maximum Gasteiger partial charge on any atom is 0.247 e. The highest BCUT2D eigenvalue weighted by atomic mass is 16.2. The van der Waals surface area contributed by atoms with E-state index in [4.69, 9.17) is 0 Å². The topological polar surface area (TPSA) is 104 Å². The van der Waals surface area contributed by atoms with E-state index in [1.807, 2.05) is 30.5 Å². The maximum absolute atomic E-state index is 13.2. The van der Waals surface area contributed by atoms with Crippen molar-refractivity contribution in [3.8, 4) is 17.2 Å². The number of hydrogen-bond acceptors (Lipinski definition) is 5. The van der Waals surface area contributed by atoms with Crippen LogP contribution >= 0.6 is 0 Å². The van der Waals surface area contributed by atoms with Crippen LogP contribution in [-0.2, 0) is 22.6 Å². The number of aromatic nitrogens is 3. The molecule has 1 saturated heterocycles. The molecule has 2 saturated carbocycles. The summed E-state index contributed by atoms with van der Waals surface area (Å²) >= 11 is 0. The number of nitrogens with zero attached hydrogens (tertiary/aromatic N) is 5. The molecule has 2 aliphatic carbocycles. The Balaban J connectivity index is 1.09. The second-order valence-electron chi connectivity index (χ2n) is 11.3. The van der Waals surface area contributed by atoms with Gasteiger partial charge in [0.25, 0.3) is 0 Å². The van der Waals surface area contributed by atoms with Crippen LogP contribution in [-0.4, -0.2) is 33.1 Å². The number of rotatable bonds is 8. The average molecular weight is 523 g/mol. The van der Waals surface area contributed by atoms with Gasteiger partial charge in [-0.05, 0) is 61.1 Å². The van der Waals surface area contributed by atoms with Gasteiger partial charge in [0.2, 0.25) is 11.8 Å². The van der Waals surface area contributed by atoms with Crippen molar-refractivity contribution in [1.29, 1.82) is 5.26 Å². The van der Waals surface area contributed by atoms with Gasteiger partial charge in [-0.1, -0.05) is 43.5 Å². The van der Waals surface area contributed by atoms with Crippen LogP contribution in [0.3, 0.4) is 0 Å². The molecule has 2 aromatic heterocycles. The van der Waals surface area contributed by atoms with Gasteiger partial charge in [-0.3, -0.25) is 14.3 Å². The van der Waals surface area contributed by atoms with Gasteiger partial charge >= 0.3 is 0 Å². The summed E-state index contributed by atoms with van der Waals surface area (Å²) in [6.45, 7) is 1.47. The fraction of sp³-hybridized carbons (Fsp3) is 0.452. The Labute approximate surface area is 229 Å². The standard InChI is InChI=1S/C31H34N6O2/c32-21-31(26-9-10-26)12-14-37(30(31)39)27-11-13-33-28(17-27)35-29(38)16-23-7-4-8-24(15-23)25-18-34-36(20-25)19-22-5-2-1-3-6-22/h4,7-8,11,13,15,17-18,20,22,26H,1-3,5-6,9-10,12,14,16,19H2,(H,33,35,38)/t31-/m1/s1. The molecule has 2 amide bonds. The number of anilines is 2. The first kappa shape index (κ1) is 25.3. The van der Waals surface area contributed by atoms with E-state index in [9.17, 15) is 14.9 Å². The van der Waals surface area contributed by atoms with Crippen molar-refractivity contribution >= 4 is 23.3 Å². The summed E-state index contributed by atoms with van der Waals surface area (Å²) in [5.41, 5.74) is 2.76. The highest BCUT2D eigenvalue weighted by molar-refractivity contribution is 6.02. The number of carbonyl (C=O) groups excluding carboxylic acids is 2. The molecule has 3 heterocycles. The fourth-order valence-corrected chi connectivity index (χ4v) is 6.27. The van der Waals surface area contributed by atoms with Gasteiger partial charge in [-0.15, -0.1) is 0 Å². The number of hydrogen-bond donors (Lipinski definition) is 1. The van der Waals surface area contributed by atoms with E-state index >= 15 is 0 Å². The largest absolute Gasteiger partial charge is 0.311 e. The molecule has 3 fully saturated rings. The number of nitrogens with one attached hydrogen (secondary N) is 1. The van der Waals surface area contributed by atoms with Gasteiger partial charge in [-0.2, -0.15) is 10.4 Å². The molecule has 1 atom stereocenters. The zero-order valence-electron chi connectivity index (χ0n) is 22.2. The van der Waals surface area contributed by atoms with E-state index in [2.05, 4.69) is 32.3 Å². The molecule has 39 heavy (non-hydrogen) atoms. The molecule has 8 nitrogen and oxygen atoms in total. The number of amides is 2. The van der Waals surface area contributed by atoms with Crippen molar-refractivity contribution in [3.05, 3.63) is 60.6 Å². The van der Waals surface area contributed by atoms with Crippen molar-refractivity contribution in [2.75, 3.05) is 16.8 Å². The second kappa shape index (κ2) is 10.6. The SMILES string of the molecule is N#C[C@@]1(C2CC2)CCN(c2ccnc(NC(=O)Cc3cccc(-c4cnn(CC5CCCCC5)c4)c3)c2)C1=O. The predicted octanol–water partition coefficient (Wildman–Crippen LogP) is 5.36. The Morgan fingerprint density at radius 1 is 1.10 bits per heavy atom. The third-order valence-corrected chi connectivity index (χ3v) is 8.58. The molecule has 1 aliphatic heterocycles. The van der Waals surface area contributed by atoms with Crippen molar-refractivity contribution in [2.24, 2.45) is 17.3 Å². The highest BCUT2D eigenvalue weighted by Crippen LogP contribution is 2.51. The monoisotopic (exact) mass is 522 g/mol. The van der Waals surface area contributed by atoms with E-state index in [0.717, 1.165) is 36.1 Å². The van der Waals surface area contributed by atoms with Crippen molar-refractivity contribution in [3.63, 3.8) is 0 Å². The molecule has 0 radical (unpaired) electrons. The van der Waals surface area contributed by atoms with Gasteiger partial charge in [-0.25, -0.2) is 4.98 Å². The summed E-state index contributed by atoms with van der Waals surface area (Å²) in [5.74, 6) is 0.968. The van der Waals surface area contributed by atoms with Crippen LogP contribution in [0.4, 0.5) is 11.5 Å². The maximum atomic E-state index is 13.2. The minimum absolute atomic E-state index is 0.130. The quantitative estimate of drug-likeness (QED) is 0.429. The molecule has 3 aromatic rings. The van der Waals surface area contributed by atoms with E-state index in [1.54, 1.807) is 23.2 Å². The van der Waals surface area contributed by atoms with Gasteiger partial charge in [0, 0.05) is 42.8 Å². The second-order valence-corrected chi connectivity index (χ2v) is 11.3. The van der Waals surface area contributed by atoms with Gasteiger partial charge in [0.05, 0.1) is 18.7 Å². The summed E-state index contributed by atoms with van der Waals surface area (Å²) in [4.78, 5) is 32.0. The number of pyridine rings is 1. The molecule has 1 N–H and O–H groups in total. The zero-order chi connectivity index (χ0) is 26.8. The highest BCUT2D eigenvalue weighted by Gasteiger charge is 2.56. The van der Waals surface area contributed by atoms with Crippen LogP contribution in [0.5, 0.6) is 0 Å².